The van der Waals surface area contributed by atoms with Crippen LogP contribution in [0.15, 0.2) is 0 Å². The lowest BCUT2D eigenvalue weighted by molar-refractivity contribution is -0.144. The summed E-state index contributed by atoms with van der Waals surface area (Å²) in [6, 6.07) is 0.0939. The third kappa shape index (κ3) is 4.64. The zero-order chi connectivity index (χ0) is 12.9. The minimum atomic E-state index is -0.416. The molecule has 0 aromatic heterocycles. The molecule has 0 aromatic carbocycles. The number of nitrogens with zero attached hydrogens (tertiary/aromatic N) is 1. The van der Waals surface area contributed by atoms with Crippen LogP contribution in [0.4, 0.5) is 0 Å². The Bertz CT molecular complexity index is 253. The molecule has 0 unspecified atom stereocenters. The number of rotatable bonds is 4. The molecule has 0 aliphatic carbocycles. The molecule has 0 aromatic rings. The molecule has 0 N–H and O–H groups in total. The van der Waals surface area contributed by atoms with E-state index in [-0.39, 0.29) is 24.3 Å². The topological polar surface area (TPSA) is 46.6 Å². The van der Waals surface area contributed by atoms with Crippen molar-refractivity contribution in [1.29, 1.82) is 0 Å². The maximum absolute atomic E-state index is 12.1. The number of carbonyl (C=O) groups excluding carboxylic acids is 2. The molecule has 0 aliphatic rings. The Balaban J connectivity index is 4.52. The van der Waals surface area contributed by atoms with Crippen molar-refractivity contribution in [1.82, 2.24) is 4.90 Å². The van der Waals surface area contributed by atoms with E-state index in [4.69, 9.17) is 0 Å². The minimum absolute atomic E-state index is 0.0615. The lowest BCUT2D eigenvalue weighted by atomic mass is 9.94. The highest BCUT2D eigenvalue weighted by atomic mass is 16.5. The van der Waals surface area contributed by atoms with Crippen molar-refractivity contribution in [2.45, 2.75) is 47.1 Å². The first-order chi connectivity index (χ1) is 7.20. The molecule has 0 radical (unpaired) electrons. The summed E-state index contributed by atoms with van der Waals surface area (Å²) in [5.41, 5.74) is -0.416. The number of esters is 1. The Kier molecular flexibility index (Phi) is 5.48. The maximum atomic E-state index is 12.1. The van der Waals surface area contributed by atoms with Crippen molar-refractivity contribution in [2.24, 2.45) is 5.41 Å². The van der Waals surface area contributed by atoms with Crippen LogP contribution >= 0.6 is 0 Å². The highest BCUT2D eigenvalue weighted by Crippen LogP contribution is 2.19. The standard InChI is InChI=1S/C12H23NO3/c1-9(2)13(8-7-10(14)16-6)11(15)12(3,4)5/h9H,7-8H2,1-6H3. The van der Waals surface area contributed by atoms with E-state index in [1.165, 1.54) is 7.11 Å². The number of carbonyl (C=O) groups is 2. The number of hydrogen-bond acceptors (Lipinski definition) is 3. The van der Waals surface area contributed by atoms with Crippen LogP contribution in [0.3, 0.4) is 0 Å². The molecule has 0 rings (SSSR count). The van der Waals surface area contributed by atoms with Gasteiger partial charge in [-0.25, -0.2) is 0 Å². The average Bonchev–Trinajstić information content (AvgIpc) is 2.15. The van der Waals surface area contributed by atoms with Crippen LogP contribution in [0.1, 0.15) is 41.0 Å². The Hall–Kier alpha value is -1.06. The number of methoxy groups -OCH3 is 1. The fourth-order valence-electron chi connectivity index (χ4n) is 1.34. The van der Waals surface area contributed by atoms with Crippen LogP contribution < -0.4 is 0 Å². The zero-order valence-electron chi connectivity index (χ0n) is 11.2. The molecule has 0 heterocycles. The van der Waals surface area contributed by atoms with E-state index >= 15 is 0 Å². The quantitative estimate of drug-likeness (QED) is 0.691. The monoisotopic (exact) mass is 229 g/mol. The van der Waals surface area contributed by atoms with Gasteiger partial charge in [0.1, 0.15) is 0 Å². The van der Waals surface area contributed by atoms with Gasteiger partial charge in [0.15, 0.2) is 0 Å². The minimum Gasteiger partial charge on any atom is -0.469 e. The van der Waals surface area contributed by atoms with Gasteiger partial charge in [0.2, 0.25) is 5.91 Å². The van der Waals surface area contributed by atoms with Crippen LogP contribution in [0.25, 0.3) is 0 Å². The van der Waals surface area contributed by atoms with Crippen molar-refractivity contribution in [3.05, 3.63) is 0 Å². The highest BCUT2D eigenvalue weighted by Gasteiger charge is 2.28. The van der Waals surface area contributed by atoms with Crippen molar-refractivity contribution in [2.75, 3.05) is 13.7 Å². The van der Waals surface area contributed by atoms with Gasteiger partial charge in [-0.05, 0) is 13.8 Å². The van der Waals surface area contributed by atoms with Gasteiger partial charge in [-0.15, -0.1) is 0 Å². The van der Waals surface area contributed by atoms with Gasteiger partial charge in [-0.1, -0.05) is 20.8 Å². The highest BCUT2D eigenvalue weighted by molar-refractivity contribution is 5.82. The lowest BCUT2D eigenvalue weighted by Crippen LogP contribution is -2.44. The summed E-state index contributed by atoms with van der Waals surface area (Å²) < 4.78 is 4.57. The largest absolute Gasteiger partial charge is 0.469 e. The summed E-state index contributed by atoms with van der Waals surface area (Å²) in [5.74, 6) is -0.223. The molecular weight excluding hydrogens is 206 g/mol. The lowest BCUT2D eigenvalue weighted by Gasteiger charge is -2.32. The third-order valence-corrected chi connectivity index (χ3v) is 2.31. The van der Waals surface area contributed by atoms with Gasteiger partial charge in [-0.2, -0.15) is 0 Å². The summed E-state index contributed by atoms with van der Waals surface area (Å²) in [4.78, 5) is 24.9. The summed E-state index contributed by atoms with van der Waals surface area (Å²) in [6.45, 7) is 9.94. The normalized spacial score (nSPS) is 11.4. The zero-order valence-corrected chi connectivity index (χ0v) is 11.2. The first-order valence-corrected chi connectivity index (χ1v) is 5.58. The Labute approximate surface area is 98.0 Å². The molecule has 16 heavy (non-hydrogen) atoms. The second kappa shape index (κ2) is 5.87. The molecule has 94 valence electrons. The smallest absolute Gasteiger partial charge is 0.307 e. The Morgan fingerprint density at radius 2 is 1.75 bits per heavy atom. The van der Waals surface area contributed by atoms with E-state index in [1.54, 1.807) is 4.90 Å². The fraction of sp³-hybridized carbons (Fsp3) is 0.833. The average molecular weight is 229 g/mol. The number of ether oxygens (including phenoxy) is 1. The van der Waals surface area contributed by atoms with Gasteiger partial charge in [0.05, 0.1) is 13.5 Å². The third-order valence-electron chi connectivity index (χ3n) is 2.31. The van der Waals surface area contributed by atoms with Gasteiger partial charge >= 0.3 is 5.97 Å². The van der Waals surface area contributed by atoms with E-state index in [0.29, 0.717) is 6.54 Å². The molecule has 4 nitrogen and oxygen atoms in total. The van der Waals surface area contributed by atoms with E-state index in [9.17, 15) is 9.59 Å². The van der Waals surface area contributed by atoms with E-state index in [1.807, 2.05) is 34.6 Å². The van der Waals surface area contributed by atoms with Crippen LogP contribution in [0.5, 0.6) is 0 Å². The van der Waals surface area contributed by atoms with Gasteiger partial charge in [-0.3, -0.25) is 9.59 Å². The van der Waals surface area contributed by atoms with E-state index in [2.05, 4.69) is 4.74 Å². The predicted molar refractivity (Wildman–Crippen MR) is 62.9 cm³/mol. The second-order valence-corrected chi connectivity index (χ2v) is 5.17. The van der Waals surface area contributed by atoms with Crippen LogP contribution in [0, 0.1) is 5.41 Å². The van der Waals surface area contributed by atoms with Gasteiger partial charge in [0, 0.05) is 18.0 Å². The summed E-state index contributed by atoms with van der Waals surface area (Å²) in [5, 5.41) is 0. The Morgan fingerprint density at radius 1 is 1.25 bits per heavy atom. The SMILES string of the molecule is COC(=O)CCN(C(=O)C(C)(C)C)C(C)C. The number of amides is 1. The maximum Gasteiger partial charge on any atom is 0.307 e. The molecule has 0 saturated carbocycles. The molecule has 0 fully saturated rings. The fourth-order valence-corrected chi connectivity index (χ4v) is 1.34. The van der Waals surface area contributed by atoms with Crippen LogP contribution in [-0.2, 0) is 14.3 Å². The summed E-state index contributed by atoms with van der Waals surface area (Å²) in [6.07, 6.45) is 0.247. The van der Waals surface area contributed by atoms with E-state index < -0.39 is 5.41 Å². The summed E-state index contributed by atoms with van der Waals surface area (Å²) >= 11 is 0. The molecule has 0 bridgehead atoms. The van der Waals surface area contributed by atoms with E-state index in [0.717, 1.165) is 0 Å². The van der Waals surface area contributed by atoms with Gasteiger partial charge < -0.3 is 9.64 Å². The first kappa shape index (κ1) is 14.9. The molecule has 4 heteroatoms. The predicted octanol–water partition coefficient (Wildman–Crippen LogP) is 1.83. The van der Waals surface area contributed by atoms with Crippen molar-refractivity contribution >= 4 is 11.9 Å². The molecule has 1 amide bonds. The van der Waals surface area contributed by atoms with Crippen molar-refractivity contribution in [3.8, 4) is 0 Å². The molecule has 0 saturated heterocycles. The van der Waals surface area contributed by atoms with Gasteiger partial charge in [0.25, 0.3) is 0 Å². The first-order valence-electron chi connectivity index (χ1n) is 5.58. The van der Waals surface area contributed by atoms with Crippen molar-refractivity contribution < 1.29 is 14.3 Å². The molecule has 0 spiro atoms. The Morgan fingerprint density at radius 3 is 2.06 bits per heavy atom. The second-order valence-electron chi connectivity index (χ2n) is 5.17. The number of hydrogen-bond donors (Lipinski definition) is 0. The van der Waals surface area contributed by atoms with Crippen molar-refractivity contribution in [3.63, 3.8) is 0 Å². The van der Waals surface area contributed by atoms with Crippen LogP contribution in [0.2, 0.25) is 0 Å². The molecule has 0 atom stereocenters. The molecule has 0 aliphatic heterocycles. The summed E-state index contributed by atoms with van der Waals surface area (Å²) in [7, 11) is 1.35. The van der Waals surface area contributed by atoms with Crippen LogP contribution in [-0.4, -0.2) is 36.5 Å². The molecular formula is C12H23NO3.